The Bertz CT molecular complexity index is 349. The number of hydrogen-bond donors (Lipinski definition) is 4. The van der Waals surface area contributed by atoms with Gasteiger partial charge in [0.05, 0.1) is 19.3 Å². The molecule has 0 aromatic heterocycles. The Morgan fingerprint density at radius 2 is 1.00 bits per heavy atom. The number of carboxylic acid groups (broad SMARTS) is 4. The predicted molar refractivity (Wildman–Crippen MR) is 66.3 cm³/mol. The molecule has 0 heterocycles. The Kier molecular flexibility index (Phi) is 21.1. The molecule has 0 saturated heterocycles. The van der Waals surface area contributed by atoms with Crippen LogP contribution in [0.15, 0.2) is 0 Å². The fourth-order valence-electron chi connectivity index (χ4n) is 1.79. The van der Waals surface area contributed by atoms with Crippen molar-refractivity contribution in [3.05, 3.63) is 0 Å². The minimum atomic E-state index is -1.58. The van der Waals surface area contributed by atoms with Gasteiger partial charge in [0.2, 0.25) is 0 Å². The molecular weight excluding hydrogens is 334 g/mol. The van der Waals surface area contributed by atoms with Gasteiger partial charge in [0.1, 0.15) is 0 Å². The summed E-state index contributed by atoms with van der Waals surface area (Å²) in [5.74, 6) is -5.31. The van der Waals surface area contributed by atoms with Crippen LogP contribution in [0.4, 0.5) is 0 Å². The molecule has 0 radical (unpaired) electrons. The van der Waals surface area contributed by atoms with E-state index in [4.69, 9.17) is 20.4 Å². The monoisotopic (exact) mass is 352 g/mol. The van der Waals surface area contributed by atoms with Gasteiger partial charge in [0.15, 0.2) is 0 Å². The molecule has 11 heteroatoms. The topological polar surface area (TPSA) is 149 Å². The minimum absolute atomic E-state index is 0. The van der Waals surface area contributed by atoms with Gasteiger partial charge in [0, 0.05) is 11.8 Å². The molecule has 0 amide bonds. The van der Waals surface area contributed by atoms with Crippen LogP contribution in [-0.2, 0) is 19.2 Å². The van der Waals surface area contributed by atoms with Gasteiger partial charge in [-0.05, 0) is 6.42 Å². The Morgan fingerprint density at radius 3 is 1.19 bits per heavy atom. The van der Waals surface area contributed by atoms with Crippen molar-refractivity contribution in [2.75, 3.05) is 0 Å². The first-order valence-electron chi connectivity index (χ1n) is 5.04. The second-order valence-corrected chi connectivity index (χ2v) is 4.11. The SMILES string of the molecule is O=C(O)CCC(CC(=O)O)(CC(=O)O)CC(=O)O.[Ca+2].[H-].[H-].[H-].[H-].[Na+].[Na+]. The summed E-state index contributed by atoms with van der Waals surface area (Å²) in [6.45, 7) is 0. The molecule has 0 aromatic rings. The molecule has 110 valence electrons. The standard InChI is InChI=1S/C10H14O8.Ca.2Na.4H/c11-6(12)1-2-10(3-7(13)14,4-8(15)16)5-9(17)18;;;;;;;/h1-5H2,(H,11,12)(H,13,14)(H,15,16)(H,17,18);;;;;;;/q;+2;2*+1;4*-1. The van der Waals surface area contributed by atoms with Crippen molar-refractivity contribution in [1.29, 1.82) is 0 Å². The molecular formula is C10H18CaNa2O8. The van der Waals surface area contributed by atoms with E-state index >= 15 is 0 Å². The predicted octanol–water partition coefficient (Wildman–Crippen LogP) is -5.66. The summed E-state index contributed by atoms with van der Waals surface area (Å²) in [7, 11) is 0. The Hall–Kier alpha value is 1.14. The van der Waals surface area contributed by atoms with Crippen LogP contribution < -0.4 is 59.1 Å². The van der Waals surface area contributed by atoms with Crippen LogP contribution in [0.3, 0.4) is 0 Å². The first kappa shape index (κ1) is 30.1. The van der Waals surface area contributed by atoms with Crippen LogP contribution >= 0.6 is 0 Å². The molecule has 0 aromatic carbocycles. The van der Waals surface area contributed by atoms with E-state index in [1.165, 1.54) is 0 Å². The van der Waals surface area contributed by atoms with Crippen molar-refractivity contribution >= 4 is 61.6 Å². The second-order valence-electron chi connectivity index (χ2n) is 4.11. The van der Waals surface area contributed by atoms with E-state index in [1.807, 2.05) is 0 Å². The first-order valence-corrected chi connectivity index (χ1v) is 5.04. The van der Waals surface area contributed by atoms with Gasteiger partial charge in [-0.1, -0.05) is 0 Å². The van der Waals surface area contributed by atoms with Gasteiger partial charge in [-0.2, -0.15) is 0 Å². The van der Waals surface area contributed by atoms with Crippen LogP contribution in [0.5, 0.6) is 0 Å². The summed E-state index contributed by atoms with van der Waals surface area (Å²) >= 11 is 0. The maximum absolute atomic E-state index is 10.7. The third-order valence-corrected chi connectivity index (χ3v) is 2.45. The first-order chi connectivity index (χ1) is 8.17. The van der Waals surface area contributed by atoms with Gasteiger partial charge in [0.25, 0.3) is 0 Å². The quantitative estimate of drug-likeness (QED) is 0.300. The summed E-state index contributed by atoms with van der Waals surface area (Å²) in [6.07, 6.45) is -2.88. The molecule has 0 fully saturated rings. The molecule has 0 saturated carbocycles. The Balaban J connectivity index is -0.0000000688. The average molecular weight is 352 g/mol. The number of rotatable bonds is 9. The smallest absolute Gasteiger partial charge is 1.00 e. The Morgan fingerprint density at radius 1 is 0.714 bits per heavy atom. The zero-order chi connectivity index (χ0) is 14.3. The van der Waals surface area contributed by atoms with E-state index in [2.05, 4.69) is 0 Å². The summed E-state index contributed by atoms with van der Waals surface area (Å²) in [6, 6.07) is 0. The zero-order valence-electron chi connectivity index (χ0n) is 16.2. The molecule has 0 aliphatic carbocycles. The number of aliphatic carboxylic acids is 4. The van der Waals surface area contributed by atoms with Crippen molar-refractivity contribution in [3.63, 3.8) is 0 Å². The van der Waals surface area contributed by atoms with Gasteiger partial charge in [-0.3, -0.25) is 19.2 Å². The molecule has 0 aliphatic rings. The van der Waals surface area contributed by atoms with E-state index in [0.29, 0.717) is 0 Å². The van der Waals surface area contributed by atoms with E-state index in [1.54, 1.807) is 0 Å². The summed E-state index contributed by atoms with van der Waals surface area (Å²) in [4.78, 5) is 42.5. The Labute approximate surface area is 201 Å². The normalized spacial score (nSPS) is 9.33. The second kappa shape index (κ2) is 14.7. The van der Waals surface area contributed by atoms with E-state index in [0.717, 1.165) is 0 Å². The van der Waals surface area contributed by atoms with Gasteiger partial charge in [-0.25, -0.2) is 0 Å². The minimum Gasteiger partial charge on any atom is -1.00 e. The fourth-order valence-corrected chi connectivity index (χ4v) is 1.79. The number of carboxylic acids is 4. The van der Waals surface area contributed by atoms with Crippen molar-refractivity contribution in [1.82, 2.24) is 0 Å². The van der Waals surface area contributed by atoms with Crippen LogP contribution in [0.25, 0.3) is 0 Å². The van der Waals surface area contributed by atoms with E-state index in [9.17, 15) is 19.2 Å². The van der Waals surface area contributed by atoms with E-state index in [-0.39, 0.29) is 109 Å². The van der Waals surface area contributed by atoms with E-state index < -0.39 is 55.0 Å². The average Bonchev–Trinajstić information content (AvgIpc) is 2.11. The van der Waals surface area contributed by atoms with Crippen LogP contribution in [0, 0.1) is 5.41 Å². The van der Waals surface area contributed by atoms with Crippen molar-refractivity contribution < 1.29 is 104 Å². The molecule has 0 atom stereocenters. The zero-order valence-corrected chi connectivity index (χ0v) is 18.4. The van der Waals surface area contributed by atoms with Crippen LogP contribution in [0.1, 0.15) is 37.8 Å². The van der Waals surface area contributed by atoms with Gasteiger partial charge in [-0.15, -0.1) is 0 Å². The molecule has 8 nitrogen and oxygen atoms in total. The molecule has 0 aliphatic heterocycles. The maximum atomic E-state index is 10.7. The molecule has 0 bridgehead atoms. The molecule has 21 heavy (non-hydrogen) atoms. The third-order valence-electron chi connectivity index (χ3n) is 2.45. The van der Waals surface area contributed by atoms with Crippen LogP contribution in [0.2, 0.25) is 0 Å². The van der Waals surface area contributed by atoms with Crippen molar-refractivity contribution in [2.45, 2.75) is 32.1 Å². The molecule has 0 unspecified atom stereocenters. The van der Waals surface area contributed by atoms with Gasteiger partial charge >= 0.3 is 121 Å². The summed E-state index contributed by atoms with van der Waals surface area (Å²) in [5, 5.41) is 34.7. The molecule has 4 N–H and O–H groups in total. The van der Waals surface area contributed by atoms with Gasteiger partial charge < -0.3 is 26.1 Å². The summed E-state index contributed by atoms with van der Waals surface area (Å²) in [5.41, 5.74) is -1.58. The fraction of sp³-hybridized carbons (Fsp3) is 0.600. The third kappa shape index (κ3) is 15.8. The largest absolute Gasteiger partial charge is 2.00 e. The molecule has 0 spiro atoms. The molecule has 0 rings (SSSR count). The maximum Gasteiger partial charge on any atom is 2.00 e. The van der Waals surface area contributed by atoms with Crippen LogP contribution in [-0.4, -0.2) is 82.0 Å². The van der Waals surface area contributed by atoms with Crippen molar-refractivity contribution in [2.24, 2.45) is 5.41 Å². The van der Waals surface area contributed by atoms with Crippen molar-refractivity contribution in [3.8, 4) is 0 Å². The summed E-state index contributed by atoms with van der Waals surface area (Å²) < 4.78 is 0. The number of hydrogen-bond acceptors (Lipinski definition) is 4. The number of carbonyl (C=O) groups is 4.